The van der Waals surface area contributed by atoms with E-state index in [-0.39, 0.29) is 23.7 Å². The summed E-state index contributed by atoms with van der Waals surface area (Å²) in [5.41, 5.74) is 0. The second kappa shape index (κ2) is 12.9. The van der Waals surface area contributed by atoms with Crippen LogP contribution >= 0.6 is 9.24 Å². The molecule has 0 aromatic carbocycles. The molecular weight excluding hydrogens is 255 g/mol. The predicted octanol–water partition coefficient (Wildman–Crippen LogP) is 2.31. The third-order valence-corrected chi connectivity index (χ3v) is 1.97. The molecule has 10 heavy (non-hydrogen) atoms. The van der Waals surface area contributed by atoms with Crippen molar-refractivity contribution in [3.63, 3.8) is 0 Å². The zero-order valence-electron chi connectivity index (χ0n) is 7.03. The first-order chi connectivity index (χ1) is 4.41. The number of hydrogen-bond acceptors (Lipinski definition) is 0. The van der Waals surface area contributed by atoms with Gasteiger partial charge in [-0.15, -0.1) is 9.24 Å². The van der Waals surface area contributed by atoms with Gasteiger partial charge in [0, 0.05) is 0 Å². The van der Waals surface area contributed by atoms with Gasteiger partial charge in [-0.1, -0.05) is 39.0 Å². The van der Waals surface area contributed by atoms with Crippen LogP contribution in [0.25, 0.3) is 0 Å². The van der Waals surface area contributed by atoms with E-state index in [1.807, 2.05) is 0 Å². The Morgan fingerprint density at radius 2 is 1.40 bits per heavy atom. The van der Waals surface area contributed by atoms with Crippen LogP contribution in [0.3, 0.4) is 0 Å². The molecule has 0 rings (SSSR count). The van der Waals surface area contributed by atoms with Gasteiger partial charge in [-0.2, -0.15) is 0 Å². The molecule has 0 nitrogen and oxygen atoms in total. The fraction of sp³-hybridized carbons (Fsp3) is 1.00. The zero-order valence-corrected chi connectivity index (χ0v) is 11.0. The van der Waals surface area contributed by atoms with Gasteiger partial charge in [-0.05, 0) is 12.6 Å². The van der Waals surface area contributed by atoms with Gasteiger partial charge in [0.15, 0.2) is 0 Å². The predicted molar refractivity (Wildman–Crippen MR) is 56.5 cm³/mol. The van der Waals surface area contributed by atoms with Crippen molar-refractivity contribution in [3.8, 4) is 0 Å². The van der Waals surface area contributed by atoms with Crippen LogP contribution in [0.15, 0.2) is 0 Å². The first-order valence-corrected chi connectivity index (χ1v) is 4.93. The second-order valence-electron chi connectivity index (χ2n) is 2.56. The van der Waals surface area contributed by atoms with Crippen LogP contribution in [0, 0.1) is 0 Å². The van der Waals surface area contributed by atoms with Gasteiger partial charge in [0.1, 0.15) is 0 Å². The van der Waals surface area contributed by atoms with Gasteiger partial charge in [0.2, 0.25) is 0 Å². The van der Waals surface area contributed by atoms with Gasteiger partial charge >= 0.3 is 23.7 Å². The molecule has 0 amide bonds. The standard InChI is InChI=1S/C8H19P.H2Te/c1-2-3-4-5-6-7-8-9;/h2-9H2,1H3;1H2. The molecule has 0 aliphatic rings. The Kier molecular flexibility index (Phi) is 17.7. The molecule has 0 N–H and O–H groups in total. The third kappa shape index (κ3) is 12.0. The maximum atomic E-state index is 2.78. The molecule has 0 aromatic heterocycles. The van der Waals surface area contributed by atoms with E-state index >= 15 is 0 Å². The van der Waals surface area contributed by atoms with Crippen molar-refractivity contribution in [1.82, 2.24) is 0 Å². The van der Waals surface area contributed by atoms with Gasteiger partial charge < -0.3 is 0 Å². The van der Waals surface area contributed by atoms with E-state index in [1.165, 1.54) is 44.7 Å². The first kappa shape index (κ1) is 13.8. The Hall–Kier alpha value is 1.22. The fourth-order valence-electron chi connectivity index (χ4n) is 0.925. The molecule has 0 saturated carbocycles. The van der Waals surface area contributed by atoms with Gasteiger partial charge in [0.05, 0.1) is 0 Å². The van der Waals surface area contributed by atoms with E-state index < -0.39 is 0 Å². The molecule has 1 atom stereocenters. The quantitative estimate of drug-likeness (QED) is 0.396. The van der Waals surface area contributed by atoms with Crippen LogP contribution in [0.4, 0.5) is 0 Å². The van der Waals surface area contributed by atoms with Crippen LogP contribution in [0.1, 0.15) is 45.4 Å². The Bertz CT molecular complexity index is 42.5. The Morgan fingerprint density at radius 1 is 0.900 bits per heavy atom. The first-order valence-electron chi connectivity index (χ1n) is 4.12. The van der Waals surface area contributed by atoms with Crippen molar-refractivity contribution < 1.29 is 0 Å². The number of rotatable bonds is 6. The van der Waals surface area contributed by atoms with Crippen molar-refractivity contribution in [2.24, 2.45) is 0 Å². The van der Waals surface area contributed by atoms with Crippen LogP contribution in [-0.4, -0.2) is 29.8 Å². The molecule has 2 heteroatoms. The van der Waals surface area contributed by atoms with E-state index in [0.717, 1.165) is 0 Å². The summed E-state index contributed by atoms with van der Waals surface area (Å²) in [7, 11) is 2.78. The van der Waals surface area contributed by atoms with E-state index in [9.17, 15) is 0 Å². The summed E-state index contributed by atoms with van der Waals surface area (Å²) in [5.74, 6) is 0. The summed E-state index contributed by atoms with van der Waals surface area (Å²) < 4.78 is 0. The normalized spacial score (nSPS) is 9.00. The summed E-state index contributed by atoms with van der Waals surface area (Å²) in [6, 6.07) is 0. The third-order valence-electron chi connectivity index (χ3n) is 1.56. The molecule has 0 spiro atoms. The molecule has 64 valence electrons. The SMILES string of the molecule is CCCCCCCCP.[TeH2]. The Balaban J connectivity index is 0. The molecule has 0 radical (unpaired) electrons. The summed E-state index contributed by atoms with van der Waals surface area (Å²) in [5, 5.41) is 0. The van der Waals surface area contributed by atoms with Gasteiger partial charge in [-0.25, -0.2) is 0 Å². The molecule has 0 saturated heterocycles. The van der Waals surface area contributed by atoms with Crippen molar-refractivity contribution >= 4 is 32.9 Å². The summed E-state index contributed by atoms with van der Waals surface area (Å²) in [6.45, 7) is 2.26. The van der Waals surface area contributed by atoms with Gasteiger partial charge in [-0.3, -0.25) is 0 Å². The summed E-state index contributed by atoms with van der Waals surface area (Å²) >= 11 is 0. The van der Waals surface area contributed by atoms with Crippen LogP contribution < -0.4 is 0 Å². The molecular formula is C8H21PTe. The minimum absolute atomic E-state index is 0. The van der Waals surface area contributed by atoms with E-state index in [2.05, 4.69) is 16.2 Å². The molecule has 0 aliphatic carbocycles. The van der Waals surface area contributed by atoms with Crippen LogP contribution in [0.5, 0.6) is 0 Å². The van der Waals surface area contributed by atoms with Crippen molar-refractivity contribution in [3.05, 3.63) is 0 Å². The minimum atomic E-state index is 0. The molecule has 0 bridgehead atoms. The van der Waals surface area contributed by atoms with Crippen molar-refractivity contribution in [2.45, 2.75) is 45.4 Å². The van der Waals surface area contributed by atoms with E-state index in [1.54, 1.807) is 0 Å². The molecule has 0 fully saturated rings. The zero-order chi connectivity index (χ0) is 6.95. The molecule has 0 aromatic rings. The monoisotopic (exact) mass is 278 g/mol. The summed E-state index contributed by atoms with van der Waals surface area (Å²) in [4.78, 5) is 0. The van der Waals surface area contributed by atoms with Gasteiger partial charge in [0.25, 0.3) is 0 Å². The average Bonchev–Trinajstić information content (AvgIpc) is 1.89. The van der Waals surface area contributed by atoms with Crippen molar-refractivity contribution in [2.75, 3.05) is 6.16 Å². The topological polar surface area (TPSA) is 0 Å². The number of hydrogen-bond donors (Lipinski definition) is 0. The van der Waals surface area contributed by atoms with Crippen molar-refractivity contribution in [1.29, 1.82) is 0 Å². The Morgan fingerprint density at radius 3 is 1.90 bits per heavy atom. The Labute approximate surface area is 84.5 Å². The molecule has 0 aliphatic heterocycles. The fourth-order valence-corrected chi connectivity index (χ4v) is 1.21. The van der Waals surface area contributed by atoms with Crippen LogP contribution in [0.2, 0.25) is 0 Å². The van der Waals surface area contributed by atoms with E-state index in [4.69, 9.17) is 0 Å². The molecule has 0 heterocycles. The number of unbranched alkanes of at least 4 members (excludes halogenated alkanes) is 5. The molecule has 1 unspecified atom stereocenters. The average molecular weight is 276 g/mol. The summed E-state index contributed by atoms with van der Waals surface area (Å²) in [6.07, 6.45) is 9.80. The second-order valence-corrected chi connectivity index (χ2v) is 3.13. The van der Waals surface area contributed by atoms with Crippen LogP contribution in [-0.2, 0) is 0 Å². The maximum absolute atomic E-state index is 2.78. The van der Waals surface area contributed by atoms with E-state index in [0.29, 0.717) is 0 Å².